The van der Waals surface area contributed by atoms with Gasteiger partial charge < -0.3 is 0 Å². The van der Waals surface area contributed by atoms with Gasteiger partial charge in [0.2, 0.25) is 5.91 Å². The van der Waals surface area contributed by atoms with Crippen LogP contribution in [0.25, 0.3) is 0 Å². The molecule has 1 aromatic rings. The molecule has 0 aliphatic heterocycles. The van der Waals surface area contributed by atoms with Gasteiger partial charge >= 0.3 is 0 Å². The van der Waals surface area contributed by atoms with E-state index in [0.717, 1.165) is 18.5 Å². The molecule has 0 spiro atoms. The van der Waals surface area contributed by atoms with Gasteiger partial charge in [0.1, 0.15) is 0 Å². The Hall–Kier alpha value is -1.19. The molecular formula is C10H17N3O. The topological polar surface area (TPSA) is 47.8 Å². The third-order valence-electron chi connectivity index (χ3n) is 1.89. The molecule has 0 amide bonds. The number of hydrogen-bond donors (Lipinski definition) is 0. The quantitative estimate of drug-likeness (QED) is 0.737. The summed E-state index contributed by atoms with van der Waals surface area (Å²) in [5.41, 5.74) is 0.893. The minimum Gasteiger partial charge on any atom is -0.273 e. The van der Waals surface area contributed by atoms with Crippen LogP contribution in [0, 0.1) is 5.92 Å². The Bertz CT molecular complexity index is 304. The predicted molar refractivity (Wildman–Crippen MR) is 54.1 cm³/mol. The largest absolute Gasteiger partial charge is 0.273 e. The van der Waals surface area contributed by atoms with E-state index in [-0.39, 0.29) is 5.91 Å². The van der Waals surface area contributed by atoms with Gasteiger partial charge in [-0.05, 0) is 12.3 Å². The Morgan fingerprint density at radius 2 is 2.29 bits per heavy atom. The van der Waals surface area contributed by atoms with E-state index >= 15 is 0 Å². The fourth-order valence-electron chi connectivity index (χ4n) is 1.23. The van der Waals surface area contributed by atoms with Crippen molar-refractivity contribution in [2.24, 2.45) is 5.92 Å². The van der Waals surface area contributed by atoms with Crippen LogP contribution in [0.2, 0.25) is 0 Å². The average molecular weight is 195 g/mol. The van der Waals surface area contributed by atoms with Crippen LogP contribution in [0.1, 0.15) is 44.1 Å². The number of hydrogen-bond acceptors (Lipinski definition) is 3. The van der Waals surface area contributed by atoms with Gasteiger partial charge in [-0.2, -0.15) is 4.68 Å². The second-order valence-electron chi connectivity index (χ2n) is 3.90. The lowest BCUT2D eigenvalue weighted by Crippen LogP contribution is -2.13. The molecule has 78 valence electrons. The van der Waals surface area contributed by atoms with Gasteiger partial charge in [0.25, 0.3) is 0 Å². The SMILES string of the molecule is CCCc1cn(C(=O)CC(C)C)nn1. The third kappa shape index (κ3) is 2.94. The van der Waals surface area contributed by atoms with Gasteiger partial charge in [-0.1, -0.05) is 32.4 Å². The molecule has 0 aliphatic rings. The van der Waals surface area contributed by atoms with Crippen LogP contribution in [0.5, 0.6) is 0 Å². The monoisotopic (exact) mass is 195 g/mol. The highest BCUT2D eigenvalue weighted by Gasteiger charge is 2.09. The van der Waals surface area contributed by atoms with Gasteiger partial charge in [0, 0.05) is 6.42 Å². The molecule has 0 aromatic carbocycles. The average Bonchev–Trinajstić information content (AvgIpc) is 2.52. The lowest BCUT2D eigenvalue weighted by atomic mass is 10.1. The Kier molecular flexibility index (Phi) is 3.80. The third-order valence-corrected chi connectivity index (χ3v) is 1.89. The van der Waals surface area contributed by atoms with Crippen LogP contribution in [0.3, 0.4) is 0 Å². The zero-order valence-electron chi connectivity index (χ0n) is 9.03. The molecule has 0 bridgehead atoms. The number of aromatic nitrogens is 3. The molecule has 4 nitrogen and oxygen atoms in total. The highest BCUT2D eigenvalue weighted by Crippen LogP contribution is 2.03. The fourth-order valence-corrected chi connectivity index (χ4v) is 1.23. The minimum absolute atomic E-state index is 0.0230. The second kappa shape index (κ2) is 4.88. The molecule has 1 heterocycles. The molecule has 0 radical (unpaired) electrons. The van der Waals surface area contributed by atoms with Crippen molar-refractivity contribution in [1.82, 2.24) is 15.0 Å². The first-order valence-corrected chi connectivity index (χ1v) is 5.08. The minimum atomic E-state index is 0.0230. The maximum absolute atomic E-state index is 11.5. The molecule has 0 saturated heterocycles. The van der Waals surface area contributed by atoms with Gasteiger partial charge in [0.05, 0.1) is 11.9 Å². The molecule has 4 heteroatoms. The maximum Gasteiger partial charge on any atom is 0.248 e. The highest BCUT2D eigenvalue weighted by molar-refractivity contribution is 5.77. The van der Waals surface area contributed by atoms with Crippen molar-refractivity contribution in [2.75, 3.05) is 0 Å². The van der Waals surface area contributed by atoms with E-state index in [1.54, 1.807) is 6.20 Å². The molecule has 1 aromatic heterocycles. The smallest absolute Gasteiger partial charge is 0.248 e. The van der Waals surface area contributed by atoms with Gasteiger partial charge in [-0.25, -0.2) is 0 Å². The van der Waals surface area contributed by atoms with E-state index in [2.05, 4.69) is 17.2 Å². The summed E-state index contributed by atoms with van der Waals surface area (Å²) in [4.78, 5) is 11.5. The summed E-state index contributed by atoms with van der Waals surface area (Å²) in [6.07, 6.45) is 4.16. The summed E-state index contributed by atoms with van der Waals surface area (Å²) in [5, 5.41) is 7.73. The molecule has 14 heavy (non-hydrogen) atoms. The molecule has 0 atom stereocenters. The van der Waals surface area contributed by atoms with Gasteiger partial charge in [-0.3, -0.25) is 4.79 Å². The van der Waals surface area contributed by atoms with Crippen molar-refractivity contribution >= 4 is 5.91 Å². The summed E-state index contributed by atoms with van der Waals surface area (Å²) in [6.45, 7) is 6.11. The lowest BCUT2D eigenvalue weighted by Gasteiger charge is -2.01. The van der Waals surface area contributed by atoms with Gasteiger partial charge in [-0.15, -0.1) is 5.10 Å². The van der Waals surface area contributed by atoms with Crippen molar-refractivity contribution in [3.05, 3.63) is 11.9 Å². The molecule has 0 saturated carbocycles. The molecule has 1 rings (SSSR count). The Morgan fingerprint density at radius 3 is 2.86 bits per heavy atom. The van der Waals surface area contributed by atoms with E-state index in [1.807, 2.05) is 13.8 Å². The van der Waals surface area contributed by atoms with Crippen LogP contribution in [-0.2, 0) is 6.42 Å². The first-order valence-electron chi connectivity index (χ1n) is 5.08. The normalized spacial score (nSPS) is 10.9. The predicted octanol–water partition coefficient (Wildman–Crippen LogP) is 1.92. The summed E-state index contributed by atoms with van der Waals surface area (Å²) in [6, 6.07) is 0. The van der Waals surface area contributed by atoms with Crippen molar-refractivity contribution in [2.45, 2.75) is 40.0 Å². The summed E-state index contributed by atoms with van der Waals surface area (Å²) >= 11 is 0. The van der Waals surface area contributed by atoms with E-state index < -0.39 is 0 Å². The maximum atomic E-state index is 11.5. The second-order valence-corrected chi connectivity index (χ2v) is 3.90. The Labute approximate surface area is 84.3 Å². The van der Waals surface area contributed by atoms with Crippen LogP contribution >= 0.6 is 0 Å². The summed E-state index contributed by atoms with van der Waals surface area (Å²) in [5.74, 6) is 0.385. The zero-order chi connectivity index (χ0) is 10.6. The molecule has 0 aliphatic carbocycles. The van der Waals surface area contributed by atoms with E-state index in [4.69, 9.17) is 0 Å². The van der Waals surface area contributed by atoms with Crippen molar-refractivity contribution in [1.29, 1.82) is 0 Å². The van der Waals surface area contributed by atoms with Crippen molar-refractivity contribution in [3.8, 4) is 0 Å². The summed E-state index contributed by atoms with van der Waals surface area (Å²) in [7, 11) is 0. The summed E-state index contributed by atoms with van der Waals surface area (Å²) < 4.78 is 1.35. The molecule has 0 N–H and O–H groups in total. The standard InChI is InChI=1S/C10H17N3O/c1-4-5-9-7-13(12-11-9)10(14)6-8(2)3/h7-8H,4-6H2,1-3H3. The number of rotatable bonds is 4. The Balaban J connectivity index is 2.62. The number of carbonyl (C=O) groups excluding carboxylic acids is 1. The number of nitrogens with zero attached hydrogens (tertiary/aromatic N) is 3. The number of aryl methyl sites for hydroxylation is 1. The molecule has 0 unspecified atom stereocenters. The first-order chi connectivity index (χ1) is 6.63. The first kappa shape index (κ1) is 10.9. The van der Waals surface area contributed by atoms with E-state index in [1.165, 1.54) is 4.68 Å². The van der Waals surface area contributed by atoms with Gasteiger partial charge in [0.15, 0.2) is 0 Å². The van der Waals surface area contributed by atoms with Crippen LogP contribution < -0.4 is 0 Å². The lowest BCUT2D eigenvalue weighted by molar-refractivity contribution is 0.0868. The highest BCUT2D eigenvalue weighted by atomic mass is 16.2. The van der Waals surface area contributed by atoms with E-state index in [0.29, 0.717) is 12.3 Å². The van der Waals surface area contributed by atoms with Crippen molar-refractivity contribution < 1.29 is 4.79 Å². The van der Waals surface area contributed by atoms with Crippen LogP contribution in [0.15, 0.2) is 6.20 Å². The van der Waals surface area contributed by atoms with Crippen LogP contribution in [0.4, 0.5) is 0 Å². The number of carbonyl (C=O) groups is 1. The fraction of sp³-hybridized carbons (Fsp3) is 0.700. The van der Waals surface area contributed by atoms with Crippen molar-refractivity contribution in [3.63, 3.8) is 0 Å². The molecule has 0 fully saturated rings. The van der Waals surface area contributed by atoms with E-state index in [9.17, 15) is 4.79 Å². The molecular weight excluding hydrogens is 178 g/mol. The van der Waals surface area contributed by atoms with Crippen LogP contribution in [-0.4, -0.2) is 20.9 Å². The zero-order valence-corrected chi connectivity index (χ0v) is 9.03. The Morgan fingerprint density at radius 1 is 1.57 bits per heavy atom.